The van der Waals surface area contributed by atoms with Gasteiger partial charge in [-0.05, 0) is 5.56 Å². The molecule has 0 saturated carbocycles. The highest BCUT2D eigenvalue weighted by Gasteiger charge is 2.24. The molecule has 1 N–H and O–H groups in total. The van der Waals surface area contributed by atoms with Gasteiger partial charge in [-0.25, -0.2) is 13.1 Å². The zero-order valence-corrected chi connectivity index (χ0v) is 9.03. The van der Waals surface area contributed by atoms with Gasteiger partial charge in [-0.15, -0.1) is 0 Å². The standard InChI is InChI=1S/C10H13NO3S/c12-15(13,11-6-10-7-14-10)8-9-4-2-1-3-5-9/h1-5,10-11H,6-8H2/t10-/m1/s1. The lowest BCUT2D eigenvalue weighted by molar-refractivity contribution is 0.406. The first-order valence-electron chi connectivity index (χ1n) is 4.78. The summed E-state index contributed by atoms with van der Waals surface area (Å²) in [5.74, 6) is 0.0283. The van der Waals surface area contributed by atoms with Gasteiger partial charge in [0.1, 0.15) is 0 Å². The first-order valence-corrected chi connectivity index (χ1v) is 6.44. The summed E-state index contributed by atoms with van der Waals surface area (Å²) in [4.78, 5) is 0. The zero-order chi connectivity index (χ0) is 10.7. The summed E-state index contributed by atoms with van der Waals surface area (Å²) in [6, 6.07) is 9.12. The Morgan fingerprint density at radius 2 is 2.00 bits per heavy atom. The van der Waals surface area contributed by atoms with Crippen LogP contribution in [0.25, 0.3) is 0 Å². The van der Waals surface area contributed by atoms with E-state index in [9.17, 15) is 8.42 Å². The van der Waals surface area contributed by atoms with Gasteiger partial charge in [-0.2, -0.15) is 0 Å². The van der Waals surface area contributed by atoms with Crippen molar-refractivity contribution in [2.45, 2.75) is 11.9 Å². The number of rotatable bonds is 5. The van der Waals surface area contributed by atoms with Crippen LogP contribution in [0.2, 0.25) is 0 Å². The number of ether oxygens (including phenoxy) is 1. The van der Waals surface area contributed by atoms with Crippen LogP contribution >= 0.6 is 0 Å². The van der Waals surface area contributed by atoms with Gasteiger partial charge in [0.05, 0.1) is 18.5 Å². The molecule has 0 spiro atoms. The fourth-order valence-electron chi connectivity index (χ4n) is 1.25. The van der Waals surface area contributed by atoms with Crippen molar-refractivity contribution in [1.82, 2.24) is 4.72 Å². The Hall–Kier alpha value is -0.910. The van der Waals surface area contributed by atoms with Gasteiger partial charge in [0.25, 0.3) is 0 Å². The second kappa shape index (κ2) is 4.30. The molecule has 0 aliphatic carbocycles. The van der Waals surface area contributed by atoms with Gasteiger partial charge in [0, 0.05) is 6.54 Å². The van der Waals surface area contributed by atoms with E-state index < -0.39 is 10.0 Å². The van der Waals surface area contributed by atoms with E-state index in [-0.39, 0.29) is 11.9 Å². The molecule has 0 bridgehead atoms. The van der Waals surface area contributed by atoms with Crippen molar-refractivity contribution in [3.05, 3.63) is 35.9 Å². The maximum absolute atomic E-state index is 11.6. The van der Waals surface area contributed by atoms with Gasteiger partial charge >= 0.3 is 0 Å². The first kappa shape index (κ1) is 10.6. The normalized spacial score (nSPS) is 20.1. The molecule has 1 atom stereocenters. The number of benzene rings is 1. The largest absolute Gasteiger partial charge is 0.372 e. The van der Waals surface area contributed by atoms with Crippen LogP contribution in [0.1, 0.15) is 5.56 Å². The van der Waals surface area contributed by atoms with Gasteiger partial charge in [-0.3, -0.25) is 0 Å². The topological polar surface area (TPSA) is 58.7 Å². The van der Waals surface area contributed by atoms with Crippen LogP contribution in [-0.2, 0) is 20.5 Å². The zero-order valence-electron chi connectivity index (χ0n) is 8.22. The monoisotopic (exact) mass is 227 g/mol. The highest BCUT2D eigenvalue weighted by molar-refractivity contribution is 7.88. The molecule has 0 aromatic heterocycles. The molecule has 1 saturated heterocycles. The van der Waals surface area contributed by atoms with Crippen molar-refractivity contribution in [1.29, 1.82) is 0 Å². The Kier molecular flexibility index (Phi) is 3.04. The summed E-state index contributed by atoms with van der Waals surface area (Å²) in [6.45, 7) is 1.04. The average molecular weight is 227 g/mol. The molecule has 1 aliphatic rings. The van der Waals surface area contributed by atoms with Crippen molar-refractivity contribution in [2.24, 2.45) is 0 Å². The molecule has 2 rings (SSSR count). The molecular formula is C10H13NO3S. The number of nitrogens with one attached hydrogen (secondary N) is 1. The molecule has 5 heteroatoms. The highest BCUT2D eigenvalue weighted by Crippen LogP contribution is 2.08. The Bertz CT molecular complexity index is 412. The lowest BCUT2D eigenvalue weighted by atomic mass is 10.2. The van der Waals surface area contributed by atoms with Crippen LogP contribution in [-0.4, -0.2) is 27.7 Å². The molecule has 4 nitrogen and oxygen atoms in total. The highest BCUT2D eigenvalue weighted by atomic mass is 32.2. The molecule has 1 aromatic rings. The maximum Gasteiger partial charge on any atom is 0.215 e. The second-order valence-corrected chi connectivity index (χ2v) is 5.36. The van der Waals surface area contributed by atoms with Gasteiger partial charge in [-0.1, -0.05) is 30.3 Å². The number of epoxide rings is 1. The van der Waals surface area contributed by atoms with E-state index in [1.807, 2.05) is 18.2 Å². The molecular weight excluding hydrogens is 214 g/mol. The van der Waals surface area contributed by atoms with Crippen LogP contribution in [0.5, 0.6) is 0 Å². The molecule has 1 heterocycles. The van der Waals surface area contributed by atoms with Crippen LogP contribution in [0.3, 0.4) is 0 Å². The van der Waals surface area contributed by atoms with Crippen LogP contribution in [0.15, 0.2) is 30.3 Å². The summed E-state index contributed by atoms with van der Waals surface area (Å²) in [5.41, 5.74) is 0.793. The lowest BCUT2D eigenvalue weighted by Gasteiger charge is -2.04. The number of hydrogen-bond donors (Lipinski definition) is 1. The molecule has 15 heavy (non-hydrogen) atoms. The minimum atomic E-state index is -3.22. The third-order valence-electron chi connectivity index (χ3n) is 2.13. The lowest BCUT2D eigenvalue weighted by Crippen LogP contribution is -2.28. The van der Waals surface area contributed by atoms with Crippen molar-refractivity contribution in [2.75, 3.05) is 13.2 Å². The van der Waals surface area contributed by atoms with E-state index in [2.05, 4.69) is 4.72 Å². The molecule has 0 radical (unpaired) electrons. The molecule has 1 fully saturated rings. The predicted octanol–water partition coefficient (Wildman–Crippen LogP) is 0.505. The number of sulfonamides is 1. The SMILES string of the molecule is O=S(=O)(Cc1ccccc1)NC[C@@H]1CO1. The smallest absolute Gasteiger partial charge is 0.215 e. The van der Waals surface area contributed by atoms with Gasteiger partial charge < -0.3 is 4.74 Å². The fraction of sp³-hybridized carbons (Fsp3) is 0.400. The summed E-state index contributed by atoms with van der Waals surface area (Å²) >= 11 is 0. The first-order chi connectivity index (χ1) is 7.16. The van der Waals surface area contributed by atoms with Crippen LogP contribution < -0.4 is 4.72 Å². The van der Waals surface area contributed by atoms with Crippen molar-refractivity contribution in [3.8, 4) is 0 Å². The van der Waals surface area contributed by atoms with Crippen molar-refractivity contribution in [3.63, 3.8) is 0 Å². The van der Waals surface area contributed by atoms with E-state index in [4.69, 9.17) is 4.74 Å². The number of hydrogen-bond acceptors (Lipinski definition) is 3. The minimum absolute atomic E-state index is 0.0283. The third-order valence-corrected chi connectivity index (χ3v) is 3.45. The summed E-state index contributed by atoms with van der Waals surface area (Å²) in [7, 11) is -3.22. The van der Waals surface area contributed by atoms with Crippen LogP contribution in [0.4, 0.5) is 0 Å². The van der Waals surface area contributed by atoms with Gasteiger partial charge in [0.2, 0.25) is 10.0 Å². The summed E-state index contributed by atoms with van der Waals surface area (Å²) in [6.07, 6.45) is 0.0792. The molecule has 0 amide bonds. The summed E-state index contributed by atoms with van der Waals surface area (Å²) < 4.78 is 30.6. The second-order valence-electron chi connectivity index (χ2n) is 3.55. The molecule has 1 aliphatic heterocycles. The third kappa shape index (κ3) is 3.62. The molecule has 1 aromatic carbocycles. The van der Waals surface area contributed by atoms with E-state index >= 15 is 0 Å². The fourth-order valence-corrected chi connectivity index (χ4v) is 2.42. The Labute approximate surface area is 89.3 Å². The van der Waals surface area contributed by atoms with Crippen molar-refractivity contribution < 1.29 is 13.2 Å². The summed E-state index contributed by atoms with van der Waals surface area (Å²) in [5, 5.41) is 0. The van der Waals surface area contributed by atoms with E-state index in [1.54, 1.807) is 12.1 Å². The maximum atomic E-state index is 11.6. The van der Waals surface area contributed by atoms with Crippen molar-refractivity contribution >= 4 is 10.0 Å². The van der Waals surface area contributed by atoms with Gasteiger partial charge in [0.15, 0.2) is 0 Å². The Morgan fingerprint density at radius 1 is 1.33 bits per heavy atom. The van der Waals surface area contributed by atoms with E-state index in [0.717, 1.165) is 5.56 Å². The molecule has 82 valence electrons. The minimum Gasteiger partial charge on any atom is -0.372 e. The van der Waals surface area contributed by atoms with E-state index in [1.165, 1.54) is 0 Å². The quantitative estimate of drug-likeness (QED) is 0.745. The Balaban J connectivity index is 1.91. The molecule has 0 unspecified atom stereocenters. The predicted molar refractivity (Wildman–Crippen MR) is 56.8 cm³/mol. The average Bonchev–Trinajstić information content (AvgIpc) is 2.99. The van der Waals surface area contributed by atoms with E-state index in [0.29, 0.717) is 13.2 Å². The van der Waals surface area contributed by atoms with Crippen LogP contribution in [0, 0.1) is 0 Å². The Morgan fingerprint density at radius 3 is 2.60 bits per heavy atom.